The van der Waals surface area contributed by atoms with Crippen molar-refractivity contribution in [3.63, 3.8) is 0 Å². The molecule has 1 aromatic rings. The van der Waals surface area contributed by atoms with Crippen molar-refractivity contribution in [3.8, 4) is 0 Å². The average molecular weight is 381 g/mol. The van der Waals surface area contributed by atoms with Gasteiger partial charge in [0.1, 0.15) is 6.04 Å². The highest BCUT2D eigenvalue weighted by Gasteiger charge is 2.57. The molecule has 0 saturated carbocycles. The number of hydrogen-bond donors (Lipinski definition) is 1. The molecule has 0 aliphatic carbocycles. The van der Waals surface area contributed by atoms with Gasteiger partial charge in [-0.15, -0.1) is 0 Å². The van der Waals surface area contributed by atoms with Gasteiger partial charge in [-0.3, -0.25) is 9.59 Å². The first-order valence-electron chi connectivity index (χ1n) is 7.95. The minimum Gasteiger partial charge on any atom is -0.343 e. The Morgan fingerprint density at radius 1 is 1.30 bits per heavy atom. The Kier molecular flexibility index (Phi) is 4.47. The third kappa shape index (κ3) is 2.78. The molecule has 3 rings (SSSR count). The zero-order chi connectivity index (χ0) is 16.6. The molecule has 2 fully saturated rings. The normalized spacial score (nSPS) is 28.7. The van der Waals surface area contributed by atoms with Crippen LogP contribution in [0.5, 0.6) is 0 Å². The number of hydrogen-bond acceptors (Lipinski definition) is 3. The Balaban J connectivity index is 2.02. The topological polar surface area (TPSA) is 58.6 Å². The monoisotopic (exact) mass is 380 g/mol. The Morgan fingerprint density at radius 3 is 2.65 bits per heavy atom. The number of nitrogens with one attached hydrogen (secondary N) is 1. The highest BCUT2D eigenvalue weighted by atomic mass is 79.9. The lowest BCUT2D eigenvalue weighted by Gasteiger charge is -2.46. The SMILES string of the molecule is CC(C)O[C@@]1([C@@H](Br)c2ccccc2)NC(=O)[C@@H]2CCCN2C1=O. The van der Waals surface area contributed by atoms with Crippen molar-refractivity contribution in [2.24, 2.45) is 0 Å². The molecule has 1 aromatic carbocycles. The fourth-order valence-electron chi connectivity index (χ4n) is 3.36. The van der Waals surface area contributed by atoms with E-state index in [1.165, 1.54) is 0 Å². The van der Waals surface area contributed by atoms with Gasteiger partial charge < -0.3 is 15.0 Å². The molecule has 2 aliphatic heterocycles. The fraction of sp³-hybridized carbons (Fsp3) is 0.529. The molecule has 0 bridgehead atoms. The Labute approximate surface area is 144 Å². The molecule has 2 saturated heterocycles. The summed E-state index contributed by atoms with van der Waals surface area (Å²) in [4.78, 5) is 26.9. The highest BCUT2D eigenvalue weighted by Crippen LogP contribution is 2.41. The second-order valence-corrected chi connectivity index (χ2v) is 7.24. The molecule has 1 N–H and O–H groups in total. The van der Waals surface area contributed by atoms with Gasteiger partial charge in [-0.2, -0.15) is 0 Å². The summed E-state index contributed by atoms with van der Waals surface area (Å²) in [6.45, 7) is 4.33. The molecular formula is C17H21BrN2O3. The lowest BCUT2D eigenvalue weighted by Crippen LogP contribution is -2.71. The fourth-order valence-corrected chi connectivity index (χ4v) is 4.08. The molecule has 2 heterocycles. The summed E-state index contributed by atoms with van der Waals surface area (Å²) < 4.78 is 6.02. The average Bonchev–Trinajstić information content (AvgIpc) is 3.02. The van der Waals surface area contributed by atoms with Gasteiger partial charge in [0.25, 0.3) is 5.91 Å². The van der Waals surface area contributed by atoms with Crippen molar-refractivity contribution >= 4 is 27.7 Å². The van der Waals surface area contributed by atoms with E-state index < -0.39 is 10.6 Å². The van der Waals surface area contributed by atoms with E-state index >= 15 is 0 Å². The Bertz CT molecular complexity index is 607. The van der Waals surface area contributed by atoms with E-state index in [2.05, 4.69) is 21.2 Å². The van der Waals surface area contributed by atoms with Gasteiger partial charge >= 0.3 is 0 Å². The predicted molar refractivity (Wildman–Crippen MR) is 89.9 cm³/mol. The molecule has 2 amide bonds. The second-order valence-electron chi connectivity index (χ2n) is 6.32. The molecule has 23 heavy (non-hydrogen) atoms. The quantitative estimate of drug-likeness (QED) is 0.815. The summed E-state index contributed by atoms with van der Waals surface area (Å²) in [5.74, 6) is -0.304. The standard InChI is InChI=1S/C17H21BrN2O3/c1-11(2)23-17(14(18)12-7-4-3-5-8-12)16(22)20-10-6-9-13(20)15(21)19-17/h3-5,7-8,11,13-14H,6,9-10H2,1-2H3,(H,19,21)/t13-,14-,17+/m0/s1. The van der Waals surface area contributed by atoms with Gasteiger partial charge in [-0.25, -0.2) is 0 Å². The van der Waals surface area contributed by atoms with Gasteiger partial charge in [0, 0.05) is 6.54 Å². The van der Waals surface area contributed by atoms with Crippen LogP contribution in [0.25, 0.3) is 0 Å². The molecule has 0 aromatic heterocycles. The van der Waals surface area contributed by atoms with Gasteiger partial charge in [0.05, 0.1) is 10.9 Å². The van der Waals surface area contributed by atoms with Crippen molar-refractivity contribution in [1.82, 2.24) is 10.2 Å². The van der Waals surface area contributed by atoms with Crippen LogP contribution in [0.3, 0.4) is 0 Å². The number of carbonyl (C=O) groups is 2. The minimum atomic E-state index is -1.41. The van der Waals surface area contributed by atoms with E-state index in [1.54, 1.807) is 4.90 Å². The molecule has 0 unspecified atom stereocenters. The van der Waals surface area contributed by atoms with Crippen LogP contribution >= 0.6 is 15.9 Å². The van der Waals surface area contributed by atoms with Gasteiger partial charge in [-0.05, 0) is 32.3 Å². The Hall–Kier alpha value is -1.40. The van der Waals surface area contributed by atoms with E-state index in [-0.39, 0.29) is 24.0 Å². The summed E-state index contributed by atoms with van der Waals surface area (Å²) in [7, 11) is 0. The first-order valence-corrected chi connectivity index (χ1v) is 8.87. The largest absolute Gasteiger partial charge is 0.343 e. The Morgan fingerprint density at radius 2 is 2.00 bits per heavy atom. The lowest BCUT2D eigenvalue weighted by atomic mass is 9.96. The lowest BCUT2D eigenvalue weighted by molar-refractivity contribution is -0.185. The first kappa shape index (κ1) is 16.5. The minimum absolute atomic E-state index is 0.136. The van der Waals surface area contributed by atoms with Crippen LogP contribution in [0.15, 0.2) is 30.3 Å². The third-order valence-corrected chi connectivity index (χ3v) is 5.49. The number of benzene rings is 1. The van der Waals surface area contributed by atoms with E-state index in [9.17, 15) is 9.59 Å². The molecule has 0 spiro atoms. The number of fused-ring (bicyclic) bond motifs is 1. The zero-order valence-electron chi connectivity index (χ0n) is 13.3. The molecule has 6 heteroatoms. The third-order valence-electron chi connectivity index (χ3n) is 4.31. The predicted octanol–water partition coefficient (Wildman–Crippen LogP) is 2.36. The first-order chi connectivity index (χ1) is 11.0. The maximum Gasteiger partial charge on any atom is 0.278 e. The van der Waals surface area contributed by atoms with Crippen molar-refractivity contribution in [1.29, 1.82) is 0 Å². The summed E-state index contributed by atoms with van der Waals surface area (Å²) >= 11 is 3.61. The molecule has 2 aliphatic rings. The second kappa shape index (κ2) is 6.24. The molecule has 5 nitrogen and oxygen atoms in total. The maximum absolute atomic E-state index is 13.2. The van der Waals surface area contributed by atoms with E-state index in [0.29, 0.717) is 13.0 Å². The number of ether oxygens (including phenoxy) is 1. The van der Waals surface area contributed by atoms with Crippen LogP contribution in [-0.2, 0) is 14.3 Å². The zero-order valence-corrected chi connectivity index (χ0v) is 14.9. The van der Waals surface area contributed by atoms with E-state index in [0.717, 1.165) is 12.0 Å². The van der Waals surface area contributed by atoms with Crippen LogP contribution in [0, 0.1) is 0 Å². The summed E-state index contributed by atoms with van der Waals surface area (Å²) in [6, 6.07) is 9.19. The number of nitrogens with zero attached hydrogens (tertiary/aromatic N) is 1. The van der Waals surface area contributed by atoms with E-state index in [4.69, 9.17) is 4.74 Å². The maximum atomic E-state index is 13.2. The smallest absolute Gasteiger partial charge is 0.278 e. The van der Waals surface area contributed by atoms with Crippen LogP contribution in [0.4, 0.5) is 0 Å². The van der Waals surface area contributed by atoms with Gasteiger partial charge in [0.2, 0.25) is 11.6 Å². The number of carbonyl (C=O) groups excluding carboxylic acids is 2. The summed E-state index contributed by atoms with van der Waals surface area (Å²) in [6.07, 6.45) is 1.36. The number of rotatable bonds is 4. The van der Waals surface area contributed by atoms with Gasteiger partial charge in [-0.1, -0.05) is 46.3 Å². The molecule has 124 valence electrons. The summed E-state index contributed by atoms with van der Waals surface area (Å²) in [5, 5.41) is 2.88. The van der Waals surface area contributed by atoms with Crippen molar-refractivity contribution < 1.29 is 14.3 Å². The number of amides is 2. The number of piperazine rings is 1. The van der Waals surface area contributed by atoms with Gasteiger partial charge in [0.15, 0.2) is 0 Å². The van der Waals surface area contributed by atoms with Crippen LogP contribution in [-0.4, -0.2) is 41.1 Å². The van der Waals surface area contributed by atoms with Crippen LogP contribution in [0.1, 0.15) is 37.1 Å². The van der Waals surface area contributed by atoms with Crippen molar-refractivity contribution in [2.75, 3.05) is 6.54 Å². The summed E-state index contributed by atoms with van der Waals surface area (Å²) in [5.41, 5.74) is -0.521. The van der Waals surface area contributed by atoms with Crippen LogP contribution < -0.4 is 5.32 Å². The van der Waals surface area contributed by atoms with Crippen molar-refractivity contribution in [3.05, 3.63) is 35.9 Å². The molecule has 0 radical (unpaired) electrons. The highest BCUT2D eigenvalue weighted by molar-refractivity contribution is 9.09. The van der Waals surface area contributed by atoms with Crippen molar-refractivity contribution in [2.45, 2.75) is 49.4 Å². The number of halogens is 1. The van der Waals surface area contributed by atoms with Crippen LogP contribution in [0.2, 0.25) is 0 Å². The number of alkyl halides is 1. The van der Waals surface area contributed by atoms with E-state index in [1.807, 2.05) is 44.2 Å². The molecule has 3 atom stereocenters. The molecular weight excluding hydrogens is 360 g/mol.